The number of nitrogens with zero attached hydrogens (tertiary/aromatic N) is 1. The van der Waals surface area contributed by atoms with Gasteiger partial charge in [0.15, 0.2) is 5.41 Å². The van der Waals surface area contributed by atoms with E-state index in [4.69, 9.17) is 5.73 Å². The molecule has 3 atom stereocenters. The second-order valence-electron chi connectivity index (χ2n) is 4.15. The quantitative estimate of drug-likeness (QED) is 0.816. The van der Waals surface area contributed by atoms with Crippen LogP contribution in [0.1, 0.15) is 25.3 Å². The van der Waals surface area contributed by atoms with Gasteiger partial charge < -0.3 is 10.8 Å². The first-order valence-electron chi connectivity index (χ1n) is 5.41. The highest BCUT2D eigenvalue weighted by molar-refractivity contribution is 5.85. The standard InChI is InChI=1S/C13H16N2O2/c1-9(11-6-4-3-5-7-11)13(8-14,10(2)16)12(15)17/h3-7,9-10,16H,1-2H3,(H2,15,17). The molecular weight excluding hydrogens is 216 g/mol. The largest absolute Gasteiger partial charge is 0.391 e. The Hall–Kier alpha value is -1.86. The highest BCUT2D eigenvalue weighted by atomic mass is 16.3. The fraction of sp³-hybridized carbons (Fsp3) is 0.385. The van der Waals surface area contributed by atoms with E-state index in [0.717, 1.165) is 5.56 Å². The van der Waals surface area contributed by atoms with Crippen LogP contribution in [-0.4, -0.2) is 17.1 Å². The van der Waals surface area contributed by atoms with Crippen molar-refractivity contribution in [1.29, 1.82) is 5.26 Å². The number of carbonyl (C=O) groups is 1. The number of benzene rings is 1. The smallest absolute Gasteiger partial charge is 0.241 e. The molecule has 0 spiro atoms. The maximum Gasteiger partial charge on any atom is 0.241 e. The second-order valence-corrected chi connectivity index (χ2v) is 4.15. The predicted molar refractivity (Wildman–Crippen MR) is 63.8 cm³/mol. The molecule has 1 aromatic carbocycles. The first kappa shape index (κ1) is 13.2. The molecule has 0 bridgehead atoms. The molecule has 4 nitrogen and oxygen atoms in total. The van der Waals surface area contributed by atoms with Crippen LogP contribution in [0.4, 0.5) is 0 Å². The summed E-state index contributed by atoms with van der Waals surface area (Å²) in [4.78, 5) is 11.5. The zero-order valence-electron chi connectivity index (χ0n) is 9.92. The fourth-order valence-electron chi connectivity index (χ4n) is 2.03. The minimum absolute atomic E-state index is 0.466. The molecule has 0 aromatic heterocycles. The van der Waals surface area contributed by atoms with E-state index in [9.17, 15) is 15.2 Å². The van der Waals surface area contributed by atoms with Crippen molar-refractivity contribution in [3.63, 3.8) is 0 Å². The van der Waals surface area contributed by atoms with Gasteiger partial charge in [-0.1, -0.05) is 37.3 Å². The lowest BCUT2D eigenvalue weighted by Crippen LogP contribution is -2.47. The Kier molecular flexibility index (Phi) is 3.87. The fourth-order valence-corrected chi connectivity index (χ4v) is 2.03. The minimum Gasteiger partial charge on any atom is -0.391 e. The Morgan fingerprint density at radius 3 is 2.29 bits per heavy atom. The number of amides is 1. The van der Waals surface area contributed by atoms with Gasteiger partial charge in [-0.25, -0.2) is 0 Å². The molecule has 3 N–H and O–H groups in total. The highest BCUT2D eigenvalue weighted by Gasteiger charge is 2.47. The number of nitrogens with two attached hydrogens (primary N) is 1. The van der Waals surface area contributed by atoms with Gasteiger partial charge in [-0.2, -0.15) is 5.26 Å². The van der Waals surface area contributed by atoms with E-state index >= 15 is 0 Å². The lowest BCUT2D eigenvalue weighted by atomic mass is 9.70. The molecule has 90 valence electrons. The van der Waals surface area contributed by atoms with Crippen molar-refractivity contribution in [2.45, 2.75) is 25.9 Å². The molecule has 0 heterocycles. The number of hydrogen-bond donors (Lipinski definition) is 2. The van der Waals surface area contributed by atoms with E-state index in [2.05, 4.69) is 0 Å². The molecule has 4 heteroatoms. The number of hydrogen-bond acceptors (Lipinski definition) is 3. The molecule has 0 fully saturated rings. The number of rotatable bonds is 4. The van der Waals surface area contributed by atoms with E-state index in [1.54, 1.807) is 6.92 Å². The summed E-state index contributed by atoms with van der Waals surface area (Å²) in [7, 11) is 0. The molecule has 3 unspecified atom stereocenters. The zero-order chi connectivity index (χ0) is 13.1. The number of primary amides is 1. The Balaban J connectivity index is 3.26. The van der Waals surface area contributed by atoms with Gasteiger partial charge in [0.2, 0.25) is 5.91 Å². The Morgan fingerprint density at radius 1 is 1.41 bits per heavy atom. The van der Waals surface area contributed by atoms with Crippen LogP contribution < -0.4 is 5.73 Å². The minimum atomic E-state index is -1.60. The maximum absolute atomic E-state index is 11.5. The molecule has 1 aromatic rings. The summed E-state index contributed by atoms with van der Waals surface area (Å²) in [5.74, 6) is -1.27. The van der Waals surface area contributed by atoms with Gasteiger partial charge >= 0.3 is 0 Å². The SMILES string of the molecule is CC(O)C(C#N)(C(N)=O)C(C)c1ccccc1. The van der Waals surface area contributed by atoms with Crippen LogP contribution >= 0.6 is 0 Å². The molecular formula is C13H16N2O2. The van der Waals surface area contributed by atoms with Gasteiger partial charge in [-0.05, 0) is 12.5 Å². The number of aliphatic hydroxyl groups is 1. The summed E-state index contributed by atoms with van der Waals surface area (Å²) in [5.41, 5.74) is 4.50. The van der Waals surface area contributed by atoms with Gasteiger partial charge in [-0.15, -0.1) is 0 Å². The van der Waals surface area contributed by atoms with Crippen molar-refractivity contribution in [3.8, 4) is 6.07 Å². The summed E-state index contributed by atoms with van der Waals surface area (Å²) < 4.78 is 0. The summed E-state index contributed by atoms with van der Waals surface area (Å²) >= 11 is 0. The second kappa shape index (κ2) is 4.98. The third-order valence-electron chi connectivity index (χ3n) is 3.23. The van der Waals surface area contributed by atoms with Crippen LogP contribution in [0.3, 0.4) is 0 Å². The normalized spacial score (nSPS) is 17.5. The van der Waals surface area contributed by atoms with Gasteiger partial charge in [0.25, 0.3) is 0 Å². The van der Waals surface area contributed by atoms with Crippen molar-refractivity contribution >= 4 is 5.91 Å². The van der Waals surface area contributed by atoms with Crippen LogP contribution in [0.5, 0.6) is 0 Å². The average molecular weight is 232 g/mol. The van der Waals surface area contributed by atoms with E-state index in [1.807, 2.05) is 36.4 Å². The van der Waals surface area contributed by atoms with Crippen LogP contribution in [0.15, 0.2) is 30.3 Å². The zero-order valence-corrected chi connectivity index (χ0v) is 9.92. The van der Waals surface area contributed by atoms with E-state index in [-0.39, 0.29) is 0 Å². The van der Waals surface area contributed by atoms with Crippen molar-refractivity contribution in [2.24, 2.45) is 11.1 Å². The van der Waals surface area contributed by atoms with Gasteiger partial charge in [0.05, 0.1) is 12.2 Å². The molecule has 1 amide bonds. The number of carbonyl (C=O) groups excluding carboxylic acids is 1. The monoisotopic (exact) mass is 232 g/mol. The lowest BCUT2D eigenvalue weighted by molar-refractivity contribution is -0.130. The molecule has 0 saturated carbocycles. The lowest BCUT2D eigenvalue weighted by Gasteiger charge is -2.32. The van der Waals surface area contributed by atoms with E-state index in [1.165, 1.54) is 6.92 Å². The summed E-state index contributed by atoms with van der Waals surface area (Å²) in [6.07, 6.45) is -1.12. The van der Waals surface area contributed by atoms with Crippen LogP contribution in [0, 0.1) is 16.7 Å². The van der Waals surface area contributed by atoms with Crippen molar-refractivity contribution in [2.75, 3.05) is 0 Å². The summed E-state index contributed by atoms with van der Waals surface area (Å²) in [6.45, 7) is 3.13. The van der Waals surface area contributed by atoms with Gasteiger partial charge in [-0.3, -0.25) is 4.79 Å². The molecule has 0 radical (unpaired) electrons. The molecule has 0 saturated heterocycles. The number of aliphatic hydroxyl groups excluding tert-OH is 1. The first-order valence-corrected chi connectivity index (χ1v) is 5.41. The summed E-state index contributed by atoms with van der Waals surface area (Å²) in [6, 6.07) is 11.0. The predicted octanol–water partition coefficient (Wildman–Crippen LogP) is 1.17. The topological polar surface area (TPSA) is 87.1 Å². The van der Waals surface area contributed by atoms with E-state index in [0.29, 0.717) is 0 Å². The molecule has 1 rings (SSSR count). The van der Waals surface area contributed by atoms with E-state index < -0.39 is 23.3 Å². The average Bonchev–Trinajstić information content (AvgIpc) is 2.30. The number of nitriles is 1. The Labute approximate surface area is 101 Å². The Morgan fingerprint density at radius 2 is 1.94 bits per heavy atom. The molecule has 0 aliphatic carbocycles. The van der Waals surface area contributed by atoms with Gasteiger partial charge in [0, 0.05) is 5.92 Å². The first-order chi connectivity index (χ1) is 7.96. The van der Waals surface area contributed by atoms with Crippen LogP contribution in [-0.2, 0) is 4.79 Å². The summed E-state index contributed by atoms with van der Waals surface area (Å²) in [5, 5.41) is 19.0. The van der Waals surface area contributed by atoms with Crippen LogP contribution in [0.25, 0.3) is 0 Å². The third kappa shape index (κ3) is 2.15. The highest BCUT2D eigenvalue weighted by Crippen LogP contribution is 2.38. The van der Waals surface area contributed by atoms with Crippen LogP contribution in [0.2, 0.25) is 0 Å². The molecule has 0 aliphatic heterocycles. The molecule has 0 aliphatic rings. The third-order valence-corrected chi connectivity index (χ3v) is 3.23. The van der Waals surface area contributed by atoms with Crippen molar-refractivity contribution in [3.05, 3.63) is 35.9 Å². The molecule has 17 heavy (non-hydrogen) atoms. The van der Waals surface area contributed by atoms with Crippen molar-refractivity contribution < 1.29 is 9.90 Å². The van der Waals surface area contributed by atoms with Gasteiger partial charge in [0.1, 0.15) is 0 Å². The Bertz CT molecular complexity index is 436. The van der Waals surface area contributed by atoms with Crippen molar-refractivity contribution in [1.82, 2.24) is 0 Å². The maximum atomic E-state index is 11.5.